The van der Waals surface area contributed by atoms with Crippen LogP contribution >= 0.6 is 11.3 Å². The molecule has 10 heteroatoms. The predicted molar refractivity (Wildman–Crippen MR) is 96.9 cm³/mol. The Balaban J connectivity index is 2.27. The molecule has 2 aromatic rings. The maximum Gasteiger partial charge on any atom is 0.286 e. The normalized spacial score (nSPS) is 11.7. The average molecular weight is 380 g/mol. The third-order valence-corrected chi connectivity index (χ3v) is 4.28. The maximum atomic E-state index is 12.4. The Morgan fingerprint density at radius 2 is 2.19 bits per heavy atom. The van der Waals surface area contributed by atoms with Gasteiger partial charge in [-0.3, -0.25) is 14.9 Å². The highest BCUT2D eigenvalue weighted by Gasteiger charge is 2.25. The number of amides is 1. The smallest absolute Gasteiger partial charge is 0.286 e. The van der Waals surface area contributed by atoms with Crippen molar-refractivity contribution in [2.45, 2.75) is 19.6 Å². The Morgan fingerprint density at radius 1 is 1.42 bits per heavy atom. The summed E-state index contributed by atoms with van der Waals surface area (Å²) in [4.78, 5) is 27.2. The van der Waals surface area contributed by atoms with E-state index in [1.165, 1.54) is 30.6 Å². The quantitative estimate of drug-likeness (QED) is 0.505. The largest absolute Gasteiger partial charge is 0.493 e. The van der Waals surface area contributed by atoms with Crippen molar-refractivity contribution in [1.82, 2.24) is 15.6 Å². The molecule has 0 saturated carbocycles. The van der Waals surface area contributed by atoms with Gasteiger partial charge in [0.15, 0.2) is 11.5 Å². The molecule has 0 saturated heterocycles. The van der Waals surface area contributed by atoms with Crippen molar-refractivity contribution < 1.29 is 19.2 Å². The number of nitrogens with one attached hydrogen (secondary N) is 2. The standard InChI is InChI=1S/C16H20N4O5S/c1-10(17-2)6-18-16(21)12-4-14(24-3)15(5-13(12)20(22)23)25-7-11-8-26-9-19-11/h4-5,8-10,17H,6-7H2,1-3H3,(H,18,21). The van der Waals surface area contributed by atoms with E-state index >= 15 is 0 Å². The fraction of sp³-hybridized carbons (Fsp3) is 0.375. The molecule has 1 aromatic carbocycles. The molecule has 0 aliphatic rings. The van der Waals surface area contributed by atoms with Gasteiger partial charge in [-0.1, -0.05) is 0 Å². The first-order valence-corrected chi connectivity index (χ1v) is 8.72. The Labute approximate surface area is 154 Å². The lowest BCUT2D eigenvalue weighted by Gasteiger charge is -2.14. The molecule has 0 spiro atoms. The van der Waals surface area contributed by atoms with E-state index in [0.29, 0.717) is 12.2 Å². The van der Waals surface area contributed by atoms with Crippen molar-refractivity contribution in [3.63, 3.8) is 0 Å². The predicted octanol–water partition coefficient (Wildman–Crippen LogP) is 1.98. The number of nitrogens with zero attached hydrogens (tertiary/aromatic N) is 2. The highest BCUT2D eigenvalue weighted by atomic mass is 32.1. The lowest BCUT2D eigenvalue weighted by atomic mass is 10.1. The number of hydrogen-bond donors (Lipinski definition) is 2. The number of ether oxygens (including phenoxy) is 2. The Kier molecular flexibility index (Phi) is 6.87. The fourth-order valence-electron chi connectivity index (χ4n) is 2.06. The van der Waals surface area contributed by atoms with Crippen LogP contribution in [0, 0.1) is 10.1 Å². The molecule has 1 atom stereocenters. The van der Waals surface area contributed by atoms with Crippen molar-refractivity contribution in [2.24, 2.45) is 0 Å². The van der Waals surface area contributed by atoms with E-state index in [0.717, 1.165) is 0 Å². The lowest BCUT2D eigenvalue weighted by Crippen LogP contribution is -2.37. The second kappa shape index (κ2) is 9.11. The van der Waals surface area contributed by atoms with E-state index in [-0.39, 0.29) is 35.4 Å². The number of likely N-dealkylation sites (N-methyl/N-ethyl adjacent to an activating group) is 1. The summed E-state index contributed by atoms with van der Waals surface area (Å²) in [6.45, 7) is 2.35. The zero-order valence-corrected chi connectivity index (χ0v) is 15.5. The van der Waals surface area contributed by atoms with Gasteiger partial charge in [-0.2, -0.15) is 0 Å². The summed E-state index contributed by atoms with van der Waals surface area (Å²) in [7, 11) is 3.17. The molecular weight excluding hydrogens is 360 g/mol. The van der Waals surface area contributed by atoms with E-state index in [2.05, 4.69) is 15.6 Å². The van der Waals surface area contributed by atoms with Gasteiger partial charge in [0, 0.05) is 24.0 Å². The number of aromatic nitrogens is 1. The van der Waals surface area contributed by atoms with Gasteiger partial charge in [-0.15, -0.1) is 11.3 Å². The van der Waals surface area contributed by atoms with Crippen molar-refractivity contribution in [3.05, 3.63) is 44.4 Å². The first-order valence-electron chi connectivity index (χ1n) is 7.78. The van der Waals surface area contributed by atoms with Crippen LogP contribution in [0.1, 0.15) is 23.0 Å². The summed E-state index contributed by atoms with van der Waals surface area (Å²) in [5, 5.41) is 18.9. The first kappa shape index (κ1) is 19.6. The number of nitro groups is 1. The van der Waals surface area contributed by atoms with Gasteiger partial charge in [0.05, 0.1) is 29.3 Å². The molecule has 1 unspecified atom stereocenters. The minimum absolute atomic E-state index is 0.0284. The second-order valence-corrected chi connectivity index (χ2v) is 6.16. The molecule has 0 aliphatic heterocycles. The number of hydrogen-bond acceptors (Lipinski definition) is 8. The average Bonchev–Trinajstić information content (AvgIpc) is 3.16. The summed E-state index contributed by atoms with van der Waals surface area (Å²) in [6.07, 6.45) is 0. The lowest BCUT2D eigenvalue weighted by molar-refractivity contribution is -0.385. The molecule has 140 valence electrons. The number of methoxy groups -OCH3 is 1. The van der Waals surface area contributed by atoms with Crippen LogP contribution in [0.15, 0.2) is 23.0 Å². The highest BCUT2D eigenvalue weighted by molar-refractivity contribution is 7.07. The zero-order chi connectivity index (χ0) is 19.1. The van der Waals surface area contributed by atoms with Crippen LogP contribution in [-0.2, 0) is 6.61 Å². The molecule has 1 amide bonds. The third kappa shape index (κ3) is 4.90. The topological polar surface area (TPSA) is 116 Å². The van der Waals surface area contributed by atoms with Gasteiger partial charge >= 0.3 is 0 Å². The van der Waals surface area contributed by atoms with Crippen molar-refractivity contribution in [3.8, 4) is 11.5 Å². The minimum Gasteiger partial charge on any atom is -0.493 e. The van der Waals surface area contributed by atoms with E-state index < -0.39 is 10.8 Å². The molecule has 1 heterocycles. The molecule has 0 radical (unpaired) electrons. The van der Waals surface area contributed by atoms with Crippen molar-refractivity contribution in [1.29, 1.82) is 0 Å². The van der Waals surface area contributed by atoms with Gasteiger partial charge in [0.2, 0.25) is 0 Å². The molecule has 26 heavy (non-hydrogen) atoms. The first-order chi connectivity index (χ1) is 12.5. The SMILES string of the molecule is CNC(C)CNC(=O)c1cc(OC)c(OCc2cscn2)cc1[N+](=O)[O-]. The van der Waals surface area contributed by atoms with E-state index in [1.807, 2.05) is 12.3 Å². The van der Waals surface area contributed by atoms with Gasteiger partial charge in [-0.25, -0.2) is 4.98 Å². The van der Waals surface area contributed by atoms with Crippen LogP contribution in [0.25, 0.3) is 0 Å². The number of nitro benzene ring substituents is 1. The summed E-state index contributed by atoms with van der Waals surface area (Å²) >= 11 is 1.42. The Bertz CT molecular complexity index is 766. The molecule has 0 fully saturated rings. The van der Waals surface area contributed by atoms with Crippen LogP contribution in [0.3, 0.4) is 0 Å². The molecule has 1 aromatic heterocycles. The van der Waals surface area contributed by atoms with Gasteiger partial charge in [0.1, 0.15) is 12.2 Å². The number of carbonyl (C=O) groups is 1. The summed E-state index contributed by atoms with van der Waals surface area (Å²) in [6, 6.07) is 2.54. The summed E-state index contributed by atoms with van der Waals surface area (Å²) in [5.41, 5.74) is 1.92. The van der Waals surface area contributed by atoms with Gasteiger partial charge in [0.25, 0.3) is 11.6 Å². The van der Waals surface area contributed by atoms with Gasteiger partial charge < -0.3 is 20.1 Å². The molecular formula is C16H20N4O5S. The molecule has 0 aliphatic carbocycles. The maximum absolute atomic E-state index is 12.4. The number of carbonyl (C=O) groups excluding carboxylic acids is 1. The third-order valence-electron chi connectivity index (χ3n) is 3.64. The Morgan fingerprint density at radius 3 is 2.77 bits per heavy atom. The fourth-order valence-corrected chi connectivity index (χ4v) is 2.60. The summed E-state index contributed by atoms with van der Waals surface area (Å²) in [5.74, 6) is -0.145. The van der Waals surface area contributed by atoms with Crippen LogP contribution < -0.4 is 20.1 Å². The van der Waals surface area contributed by atoms with Crippen LogP contribution in [0.5, 0.6) is 11.5 Å². The monoisotopic (exact) mass is 380 g/mol. The van der Waals surface area contributed by atoms with E-state index in [1.54, 1.807) is 12.6 Å². The summed E-state index contributed by atoms with van der Waals surface area (Å²) < 4.78 is 10.8. The second-order valence-electron chi connectivity index (χ2n) is 5.45. The minimum atomic E-state index is -0.619. The molecule has 2 rings (SSSR count). The van der Waals surface area contributed by atoms with Crippen LogP contribution in [-0.4, -0.2) is 42.6 Å². The van der Waals surface area contributed by atoms with Crippen LogP contribution in [0.4, 0.5) is 5.69 Å². The Hall–Kier alpha value is -2.72. The van der Waals surface area contributed by atoms with Gasteiger partial charge in [-0.05, 0) is 14.0 Å². The van der Waals surface area contributed by atoms with E-state index in [4.69, 9.17) is 9.47 Å². The number of thiazole rings is 1. The number of benzene rings is 1. The van der Waals surface area contributed by atoms with Crippen molar-refractivity contribution in [2.75, 3.05) is 20.7 Å². The van der Waals surface area contributed by atoms with E-state index in [9.17, 15) is 14.9 Å². The highest BCUT2D eigenvalue weighted by Crippen LogP contribution is 2.35. The number of rotatable bonds is 9. The zero-order valence-electron chi connectivity index (χ0n) is 14.6. The van der Waals surface area contributed by atoms with Crippen molar-refractivity contribution >= 4 is 22.9 Å². The van der Waals surface area contributed by atoms with Crippen LogP contribution in [0.2, 0.25) is 0 Å². The molecule has 2 N–H and O–H groups in total. The molecule has 9 nitrogen and oxygen atoms in total. The molecule has 0 bridgehead atoms.